The molecule has 0 spiro atoms. The van der Waals surface area contributed by atoms with Gasteiger partial charge in [-0.05, 0) is 35.4 Å². The summed E-state index contributed by atoms with van der Waals surface area (Å²) in [6.45, 7) is 0.579. The molecule has 0 saturated heterocycles. The summed E-state index contributed by atoms with van der Waals surface area (Å²) in [5.41, 5.74) is 0.764. The third-order valence-corrected chi connectivity index (χ3v) is 6.27. The van der Waals surface area contributed by atoms with Gasteiger partial charge in [0.15, 0.2) is 0 Å². The summed E-state index contributed by atoms with van der Waals surface area (Å²) in [6.07, 6.45) is -2.89. The van der Waals surface area contributed by atoms with E-state index in [0.29, 0.717) is 18.7 Å². The maximum Gasteiger partial charge on any atom is 0.401 e. The maximum absolute atomic E-state index is 13.9. The molecule has 0 aliphatic heterocycles. The summed E-state index contributed by atoms with van der Waals surface area (Å²) < 4.78 is 75.4. The van der Waals surface area contributed by atoms with Crippen molar-refractivity contribution < 1.29 is 26.3 Å². The molecular formula is C22H23F3N2O3S. The van der Waals surface area contributed by atoms with Crippen molar-refractivity contribution in [1.29, 1.82) is 0 Å². The number of nitrogens with zero attached hydrogens (tertiary/aromatic N) is 1. The molecule has 166 valence electrons. The Balaban J connectivity index is 1.79. The number of sulfonamides is 1. The summed E-state index contributed by atoms with van der Waals surface area (Å²) in [6, 6.07) is 16.7. The number of hydrogen-bond acceptors (Lipinski definition) is 3. The Morgan fingerprint density at radius 1 is 1.00 bits per heavy atom. The lowest BCUT2D eigenvalue weighted by Crippen LogP contribution is -2.25. The Bertz CT molecular complexity index is 1080. The number of halogens is 3. The highest BCUT2D eigenvalue weighted by Crippen LogP contribution is 2.40. The molecule has 0 saturated carbocycles. The second-order valence-corrected chi connectivity index (χ2v) is 8.74. The Hall–Kier alpha value is -2.62. The van der Waals surface area contributed by atoms with E-state index in [4.69, 9.17) is 4.74 Å². The average Bonchev–Trinajstić information content (AvgIpc) is 3.19. The fourth-order valence-electron chi connectivity index (χ4n) is 3.30. The van der Waals surface area contributed by atoms with Crippen molar-refractivity contribution in [2.24, 2.45) is 0 Å². The molecule has 2 aromatic carbocycles. The SMILES string of the molecule is COCCn1cccc1C(c1ccc(CNS(=O)(=O)c2ccccc2)cc1)C(F)(F)F. The van der Waals surface area contributed by atoms with Crippen LogP contribution in [0.25, 0.3) is 0 Å². The Kier molecular flexibility index (Phi) is 7.19. The smallest absolute Gasteiger partial charge is 0.383 e. The molecule has 0 aliphatic carbocycles. The minimum absolute atomic E-state index is 0.0294. The van der Waals surface area contributed by atoms with Gasteiger partial charge in [0.1, 0.15) is 5.92 Å². The molecule has 0 amide bonds. The molecule has 0 aliphatic rings. The molecule has 9 heteroatoms. The number of rotatable bonds is 9. The van der Waals surface area contributed by atoms with E-state index in [0.717, 1.165) is 0 Å². The standard InChI is InChI=1S/C22H23F3N2O3S/c1-30-15-14-27-13-5-8-20(27)21(22(23,24)25)18-11-9-17(10-12-18)16-26-31(28,29)19-6-3-2-4-7-19/h2-13,21,26H,14-16H2,1H3. The Labute approximate surface area is 179 Å². The van der Waals surface area contributed by atoms with E-state index in [-0.39, 0.29) is 22.7 Å². The fraction of sp³-hybridized carbons (Fsp3) is 0.273. The van der Waals surface area contributed by atoms with Crippen molar-refractivity contribution in [3.63, 3.8) is 0 Å². The van der Waals surface area contributed by atoms with Gasteiger partial charge in [-0.25, -0.2) is 13.1 Å². The second-order valence-electron chi connectivity index (χ2n) is 6.97. The largest absolute Gasteiger partial charge is 0.401 e. The van der Waals surface area contributed by atoms with Gasteiger partial charge in [0.25, 0.3) is 0 Å². The highest BCUT2D eigenvalue weighted by Gasteiger charge is 2.43. The summed E-state index contributed by atoms with van der Waals surface area (Å²) in [7, 11) is -2.21. The highest BCUT2D eigenvalue weighted by atomic mass is 32.2. The van der Waals surface area contributed by atoms with Gasteiger partial charge in [0.05, 0.1) is 11.5 Å². The minimum atomic E-state index is -4.49. The zero-order valence-electron chi connectivity index (χ0n) is 16.8. The van der Waals surface area contributed by atoms with Crippen LogP contribution in [0.5, 0.6) is 0 Å². The van der Waals surface area contributed by atoms with Crippen molar-refractivity contribution >= 4 is 10.0 Å². The lowest BCUT2D eigenvalue weighted by Gasteiger charge is -2.23. The van der Waals surface area contributed by atoms with Gasteiger partial charge < -0.3 is 9.30 Å². The molecule has 1 N–H and O–H groups in total. The van der Waals surface area contributed by atoms with Gasteiger partial charge >= 0.3 is 6.18 Å². The van der Waals surface area contributed by atoms with Crippen LogP contribution >= 0.6 is 0 Å². The van der Waals surface area contributed by atoms with E-state index in [9.17, 15) is 21.6 Å². The van der Waals surface area contributed by atoms with E-state index in [1.165, 1.54) is 54.1 Å². The normalized spacial score (nSPS) is 13.3. The molecule has 5 nitrogen and oxygen atoms in total. The van der Waals surface area contributed by atoms with Gasteiger partial charge in [0, 0.05) is 32.1 Å². The molecule has 1 atom stereocenters. The summed E-state index contributed by atoms with van der Waals surface area (Å²) >= 11 is 0. The van der Waals surface area contributed by atoms with E-state index in [1.54, 1.807) is 30.5 Å². The number of ether oxygens (including phenoxy) is 1. The topological polar surface area (TPSA) is 60.3 Å². The maximum atomic E-state index is 13.9. The van der Waals surface area contributed by atoms with Crippen LogP contribution in [-0.4, -0.2) is 32.9 Å². The van der Waals surface area contributed by atoms with Crippen LogP contribution in [0.3, 0.4) is 0 Å². The molecular weight excluding hydrogens is 429 g/mol. The third kappa shape index (κ3) is 5.75. The van der Waals surface area contributed by atoms with Crippen molar-refractivity contribution in [2.45, 2.75) is 30.1 Å². The number of alkyl halides is 3. The molecule has 1 heterocycles. The van der Waals surface area contributed by atoms with E-state index >= 15 is 0 Å². The van der Waals surface area contributed by atoms with Crippen molar-refractivity contribution in [1.82, 2.24) is 9.29 Å². The predicted molar refractivity (Wildman–Crippen MR) is 111 cm³/mol. The second kappa shape index (κ2) is 9.67. The first-order valence-corrected chi connectivity index (χ1v) is 11.0. The van der Waals surface area contributed by atoms with Gasteiger partial charge in [-0.3, -0.25) is 0 Å². The Morgan fingerprint density at radius 3 is 2.29 bits per heavy atom. The molecule has 0 radical (unpaired) electrons. The van der Waals surface area contributed by atoms with Crippen LogP contribution in [0.15, 0.2) is 77.8 Å². The Morgan fingerprint density at radius 2 is 1.68 bits per heavy atom. The number of hydrogen-bond donors (Lipinski definition) is 1. The predicted octanol–water partition coefficient (Wildman–Crippen LogP) is 4.31. The molecule has 3 rings (SSSR count). The first-order chi connectivity index (χ1) is 14.7. The zero-order valence-corrected chi connectivity index (χ0v) is 17.7. The summed E-state index contributed by atoms with van der Waals surface area (Å²) in [5.74, 6) is -1.80. The van der Waals surface area contributed by atoms with Crippen LogP contribution in [0.2, 0.25) is 0 Å². The van der Waals surface area contributed by atoms with Crippen LogP contribution in [0.1, 0.15) is 22.7 Å². The van der Waals surface area contributed by atoms with Gasteiger partial charge in [-0.1, -0.05) is 42.5 Å². The monoisotopic (exact) mass is 452 g/mol. The van der Waals surface area contributed by atoms with Crippen LogP contribution in [0.4, 0.5) is 13.2 Å². The molecule has 0 bridgehead atoms. The number of aromatic nitrogens is 1. The summed E-state index contributed by atoms with van der Waals surface area (Å²) in [5, 5.41) is 0. The van der Waals surface area contributed by atoms with E-state index < -0.39 is 22.1 Å². The van der Waals surface area contributed by atoms with Crippen molar-refractivity contribution in [3.05, 3.63) is 89.7 Å². The van der Waals surface area contributed by atoms with Gasteiger partial charge in [-0.2, -0.15) is 13.2 Å². The van der Waals surface area contributed by atoms with Crippen LogP contribution in [0, 0.1) is 0 Å². The van der Waals surface area contributed by atoms with Crippen molar-refractivity contribution in [3.8, 4) is 0 Å². The number of benzene rings is 2. The zero-order chi connectivity index (χ0) is 22.5. The number of nitrogens with one attached hydrogen (secondary N) is 1. The average molecular weight is 452 g/mol. The third-order valence-electron chi connectivity index (χ3n) is 4.86. The molecule has 1 aromatic heterocycles. The first-order valence-electron chi connectivity index (χ1n) is 9.56. The van der Waals surface area contributed by atoms with E-state index in [1.807, 2.05) is 0 Å². The molecule has 1 unspecified atom stereocenters. The molecule has 3 aromatic rings. The molecule has 0 fully saturated rings. The van der Waals surface area contributed by atoms with Gasteiger partial charge in [-0.15, -0.1) is 0 Å². The minimum Gasteiger partial charge on any atom is -0.383 e. The highest BCUT2D eigenvalue weighted by molar-refractivity contribution is 7.89. The quantitative estimate of drug-likeness (QED) is 0.527. The van der Waals surface area contributed by atoms with Crippen LogP contribution < -0.4 is 4.72 Å². The van der Waals surface area contributed by atoms with E-state index in [2.05, 4.69) is 4.72 Å². The van der Waals surface area contributed by atoms with Crippen molar-refractivity contribution in [2.75, 3.05) is 13.7 Å². The van der Waals surface area contributed by atoms with Crippen LogP contribution in [-0.2, 0) is 27.8 Å². The number of methoxy groups -OCH3 is 1. The van der Waals surface area contributed by atoms with Gasteiger partial charge in [0.2, 0.25) is 10.0 Å². The fourth-order valence-corrected chi connectivity index (χ4v) is 4.34. The molecule has 31 heavy (non-hydrogen) atoms. The summed E-state index contributed by atoms with van der Waals surface area (Å²) in [4.78, 5) is 0.126. The lowest BCUT2D eigenvalue weighted by molar-refractivity contribution is -0.142. The lowest BCUT2D eigenvalue weighted by atomic mass is 9.94. The first kappa shape index (κ1) is 23.1.